The number of benzene rings is 1. The highest BCUT2D eigenvalue weighted by molar-refractivity contribution is 9.10. The Morgan fingerprint density at radius 1 is 1.30 bits per heavy atom. The van der Waals surface area contributed by atoms with Crippen molar-refractivity contribution < 1.29 is 24.6 Å². The first-order valence-electron chi connectivity index (χ1n) is 5.52. The third-order valence-electron chi connectivity index (χ3n) is 2.45. The van der Waals surface area contributed by atoms with E-state index < -0.39 is 23.9 Å². The number of aliphatic carboxylic acids is 2. The predicted octanol–water partition coefficient (Wildman–Crippen LogP) is 2.15. The SMILES string of the molecule is O=C(O)CC[C@H](NC(=O)c1cccc(Br)c1Cl)C(=O)O. The lowest BCUT2D eigenvalue weighted by molar-refractivity contribution is -0.140. The molecule has 108 valence electrons. The van der Waals surface area contributed by atoms with Crippen LogP contribution >= 0.6 is 27.5 Å². The van der Waals surface area contributed by atoms with Crippen molar-refractivity contribution >= 4 is 45.4 Å². The van der Waals surface area contributed by atoms with E-state index in [1.54, 1.807) is 12.1 Å². The maximum Gasteiger partial charge on any atom is 0.326 e. The zero-order chi connectivity index (χ0) is 15.3. The minimum absolute atomic E-state index is 0.114. The number of hydrogen-bond acceptors (Lipinski definition) is 3. The largest absolute Gasteiger partial charge is 0.481 e. The van der Waals surface area contributed by atoms with E-state index in [0.29, 0.717) is 4.47 Å². The molecular formula is C12H11BrClNO5. The summed E-state index contributed by atoms with van der Waals surface area (Å²) in [5, 5.41) is 19.9. The summed E-state index contributed by atoms with van der Waals surface area (Å²) >= 11 is 9.08. The Balaban J connectivity index is 2.83. The van der Waals surface area contributed by atoms with Gasteiger partial charge in [0.05, 0.1) is 10.6 Å². The van der Waals surface area contributed by atoms with E-state index in [0.717, 1.165) is 0 Å². The summed E-state index contributed by atoms with van der Waals surface area (Å²) < 4.78 is 0.504. The van der Waals surface area contributed by atoms with Gasteiger partial charge in [-0.3, -0.25) is 9.59 Å². The highest BCUT2D eigenvalue weighted by Gasteiger charge is 2.23. The molecule has 0 fully saturated rings. The van der Waals surface area contributed by atoms with Gasteiger partial charge >= 0.3 is 11.9 Å². The molecule has 0 saturated heterocycles. The zero-order valence-electron chi connectivity index (χ0n) is 10.1. The number of carbonyl (C=O) groups excluding carboxylic acids is 1. The first-order valence-corrected chi connectivity index (χ1v) is 6.69. The van der Waals surface area contributed by atoms with Crippen molar-refractivity contribution in [1.29, 1.82) is 0 Å². The lowest BCUT2D eigenvalue weighted by atomic mass is 10.1. The molecule has 0 aliphatic carbocycles. The van der Waals surface area contributed by atoms with Crippen molar-refractivity contribution in [3.05, 3.63) is 33.3 Å². The van der Waals surface area contributed by atoms with Gasteiger partial charge in [-0.2, -0.15) is 0 Å². The van der Waals surface area contributed by atoms with Crippen LogP contribution in [0.4, 0.5) is 0 Å². The molecule has 0 aliphatic rings. The van der Waals surface area contributed by atoms with E-state index in [1.165, 1.54) is 6.07 Å². The van der Waals surface area contributed by atoms with Crippen LogP contribution in [-0.4, -0.2) is 34.1 Å². The number of carboxylic acid groups (broad SMARTS) is 2. The molecule has 6 nitrogen and oxygen atoms in total. The van der Waals surface area contributed by atoms with Gasteiger partial charge in [-0.25, -0.2) is 4.79 Å². The van der Waals surface area contributed by atoms with Crippen molar-refractivity contribution in [3.8, 4) is 0 Å². The van der Waals surface area contributed by atoms with Crippen LogP contribution in [0.3, 0.4) is 0 Å². The third kappa shape index (κ3) is 4.50. The van der Waals surface area contributed by atoms with E-state index in [1.807, 2.05) is 0 Å². The molecule has 0 unspecified atom stereocenters. The Morgan fingerprint density at radius 3 is 2.50 bits per heavy atom. The van der Waals surface area contributed by atoms with Crippen LogP contribution in [-0.2, 0) is 9.59 Å². The smallest absolute Gasteiger partial charge is 0.326 e. The monoisotopic (exact) mass is 363 g/mol. The van der Waals surface area contributed by atoms with Gasteiger partial charge in [0.2, 0.25) is 0 Å². The number of nitrogens with one attached hydrogen (secondary N) is 1. The summed E-state index contributed by atoms with van der Waals surface area (Å²) in [6.07, 6.45) is -0.564. The lowest BCUT2D eigenvalue weighted by Gasteiger charge is -2.14. The van der Waals surface area contributed by atoms with Gasteiger partial charge in [-0.05, 0) is 34.5 Å². The number of rotatable bonds is 6. The Morgan fingerprint density at radius 2 is 1.95 bits per heavy atom. The Hall–Kier alpha value is -1.60. The first kappa shape index (κ1) is 16.5. The summed E-state index contributed by atoms with van der Waals surface area (Å²) in [7, 11) is 0. The van der Waals surface area contributed by atoms with E-state index in [2.05, 4.69) is 21.2 Å². The van der Waals surface area contributed by atoms with E-state index in [4.69, 9.17) is 21.8 Å². The van der Waals surface area contributed by atoms with Crippen molar-refractivity contribution in [2.75, 3.05) is 0 Å². The van der Waals surface area contributed by atoms with Gasteiger partial charge in [0.1, 0.15) is 6.04 Å². The Kier molecular flexibility index (Phi) is 5.97. The molecular weight excluding hydrogens is 353 g/mol. The summed E-state index contributed by atoms with van der Waals surface area (Å²) in [5.41, 5.74) is 0.114. The summed E-state index contributed by atoms with van der Waals surface area (Å²) in [5.74, 6) is -3.11. The number of halogens is 2. The van der Waals surface area contributed by atoms with Crippen LogP contribution in [0.15, 0.2) is 22.7 Å². The highest BCUT2D eigenvalue weighted by Crippen LogP contribution is 2.26. The van der Waals surface area contributed by atoms with Crippen molar-refractivity contribution in [2.24, 2.45) is 0 Å². The zero-order valence-corrected chi connectivity index (χ0v) is 12.4. The molecule has 0 aromatic heterocycles. The third-order valence-corrected chi connectivity index (χ3v) is 3.74. The minimum Gasteiger partial charge on any atom is -0.481 e. The number of hydrogen-bond donors (Lipinski definition) is 3. The Labute approximate surface area is 127 Å². The molecule has 20 heavy (non-hydrogen) atoms. The van der Waals surface area contributed by atoms with Crippen molar-refractivity contribution in [1.82, 2.24) is 5.32 Å². The fourth-order valence-corrected chi connectivity index (χ4v) is 2.02. The van der Waals surface area contributed by atoms with Crippen LogP contribution in [0.1, 0.15) is 23.2 Å². The first-order chi connectivity index (χ1) is 9.32. The number of carboxylic acids is 2. The summed E-state index contributed by atoms with van der Waals surface area (Å²) in [4.78, 5) is 33.4. The van der Waals surface area contributed by atoms with Crippen LogP contribution in [0.5, 0.6) is 0 Å². The van der Waals surface area contributed by atoms with Crippen LogP contribution < -0.4 is 5.32 Å². The predicted molar refractivity (Wildman–Crippen MR) is 74.9 cm³/mol. The van der Waals surface area contributed by atoms with Gasteiger partial charge in [-0.15, -0.1) is 0 Å². The quantitative estimate of drug-likeness (QED) is 0.717. The molecule has 0 spiro atoms. The molecule has 8 heteroatoms. The average Bonchev–Trinajstić information content (AvgIpc) is 2.36. The second kappa shape index (κ2) is 7.25. The summed E-state index contributed by atoms with van der Waals surface area (Å²) in [6.45, 7) is 0. The van der Waals surface area contributed by atoms with E-state index in [-0.39, 0.29) is 23.4 Å². The molecule has 1 rings (SSSR count). The van der Waals surface area contributed by atoms with Gasteiger partial charge in [0.25, 0.3) is 5.91 Å². The van der Waals surface area contributed by atoms with Crippen LogP contribution in [0.2, 0.25) is 5.02 Å². The molecule has 1 aromatic rings. The molecule has 3 N–H and O–H groups in total. The maximum absolute atomic E-state index is 12.0. The van der Waals surface area contributed by atoms with E-state index >= 15 is 0 Å². The lowest BCUT2D eigenvalue weighted by Crippen LogP contribution is -2.41. The fraction of sp³-hybridized carbons (Fsp3) is 0.250. The van der Waals surface area contributed by atoms with Gasteiger partial charge in [0, 0.05) is 10.9 Å². The van der Waals surface area contributed by atoms with Crippen LogP contribution in [0.25, 0.3) is 0 Å². The second-order valence-electron chi connectivity index (χ2n) is 3.90. The van der Waals surface area contributed by atoms with E-state index in [9.17, 15) is 14.4 Å². The molecule has 0 radical (unpaired) electrons. The molecule has 1 amide bonds. The fourth-order valence-electron chi connectivity index (χ4n) is 1.44. The van der Waals surface area contributed by atoms with Crippen molar-refractivity contribution in [2.45, 2.75) is 18.9 Å². The van der Waals surface area contributed by atoms with Crippen LogP contribution in [0, 0.1) is 0 Å². The Bertz CT molecular complexity index is 549. The second-order valence-corrected chi connectivity index (χ2v) is 5.13. The maximum atomic E-state index is 12.0. The molecule has 0 bridgehead atoms. The molecule has 0 heterocycles. The van der Waals surface area contributed by atoms with Gasteiger partial charge in [-0.1, -0.05) is 17.7 Å². The van der Waals surface area contributed by atoms with Crippen molar-refractivity contribution in [3.63, 3.8) is 0 Å². The highest BCUT2D eigenvalue weighted by atomic mass is 79.9. The number of amides is 1. The summed E-state index contributed by atoms with van der Waals surface area (Å²) in [6, 6.07) is 3.38. The normalized spacial score (nSPS) is 11.7. The topological polar surface area (TPSA) is 104 Å². The molecule has 0 aliphatic heterocycles. The molecule has 1 aromatic carbocycles. The van der Waals surface area contributed by atoms with Gasteiger partial charge < -0.3 is 15.5 Å². The molecule has 0 saturated carbocycles. The standard InChI is InChI=1S/C12H11BrClNO5/c13-7-3-1-2-6(10(7)14)11(18)15-8(12(19)20)4-5-9(16)17/h1-3,8H,4-5H2,(H,15,18)(H,16,17)(H,19,20)/t8-/m0/s1. The average molecular weight is 365 g/mol. The minimum atomic E-state index is -1.30. The van der Waals surface area contributed by atoms with Gasteiger partial charge in [0.15, 0.2) is 0 Å². The number of carbonyl (C=O) groups is 3. The molecule has 1 atom stereocenters.